The molecular formula is C14H23N5O2. The smallest absolute Gasteiger partial charge is 0.234 e. The van der Waals surface area contributed by atoms with E-state index in [-0.39, 0.29) is 11.7 Å². The highest BCUT2D eigenvalue weighted by Crippen LogP contribution is 2.35. The maximum atomic E-state index is 12.6. The van der Waals surface area contributed by atoms with E-state index in [1.54, 1.807) is 10.9 Å². The third-order valence-electron chi connectivity index (χ3n) is 4.18. The molecule has 116 valence electrons. The van der Waals surface area contributed by atoms with Gasteiger partial charge in [-0.05, 0) is 18.9 Å². The average Bonchev–Trinajstić information content (AvgIpc) is 2.88. The van der Waals surface area contributed by atoms with Crippen molar-refractivity contribution in [2.24, 2.45) is 16.3 Å². The third kappa shape index (κ3) is 3.53. The summed E-state index contributed by atoms with van der Waals surface area (Å²) in [5.41, 5.74) is 4.98. The Balaban J connectivity index is 2.00. The normalized spacial score (nSPS) is 19.0. The van der Waals surface area contributed by atoms with Crippen LogP contribution in [0.3, 0.4) is 0 Å². The van der Waals surface area contributed by atoms with Crippen molar-refractivity contribution in [3.8, 4) is 0 Å². The van der Waals surface area contributed by atoms with Crippen LogP contribution in [0.2, 0.25) is 0 Å². The summed E-state index contributed by atoms with van der Waals surface area (Å²) < 4.78 is 1.75. The van der Waals surface area contributed by atoms with Crippen LogP contribution in [0.1, 0.15) is 38.5 Å². The minimum absolute atomic E-state index is 0.0287. The number of rotatable bonds is 5. The van der Waals surface area contributed by atoms with E-state index in [0.717, 1.165) is 25.7 Å². The van der Waals surface area contributed by atoms with Crippen LogP contribution >= 0.6 is 0 Å². The molecule has 0 atom stereocenters. The van der Waals surface area contributed by atoms with Crippen molar-refractivity contribution < 1.29 is 10.0 Å². The van der Waals surface area contributed by atoms with Crippen molar-refractivity contribution in [3.63, 3.8) is 0 Å². The fourth-order valence-corrected chi connectivity index (χ4v) is 2.91. The zero-order chi connectivity index (χ0) is 15.1. The molecule has 1 saturated carbocycles. The van der Waals surface area contributed by atoms with E-state index in [1.807, 2.05) is 12.3 Å². The van der Waals surface area contributed by atoms with Crippen LogP contribution < -0.4 is 11.1 Å². The van der Waals surface area contributed by atoms with Crippen molar-refractivity contribution in [2.75, 3.05) is 6.54 Å². The molecule has 1 amide bonds. The number of amidine groups is 1. The Bertz CT molecular complexity index is 476. The number of nitrogens with zero attached hydrogens (tertiary/aromatic N) is 3. The quantitative estimate of drug-likeness (QED) is 0.248. The van der Waals surface area contributed by atoms with Gasteiger partial charge in [-0.2, -0.15) is 5.10 Å². The van der Waals surface area contributed by atoms with Gasteiger partial charge < -0.3 is 16.3 Å². The first-order valence-corrected chi connectivity index (χ1v) is 7.43. The SMILES string of the molecule is NC(=NO)C1(C(=O)NCCn2cccn2)CCCCCC1. The molecule has 0 bridgehead atoms. The Labute approximate surface area is 124 Å². The van der Waals surface area contributed by atoms with Gasteiger partial charge in [0.1, 0.15) is 5.41 Å². The Kier molecular flexibility index (Phi) is 5.19. The highest BCUT2D eigenvalue weighted by atomic mass is 16.4. The number of nitrogens with one attached hydrogen (secondary N) is 1. The Hall–Kier alpha value is -2.05. The highest BCUT2D eigenvalue weighted by molar-refractivity contribution is 6.06. The van der Waals surface area contributed by atoms with Gasteiger partial charge in [0.05, 0.1) is 6.54 Å². The monoisotopic (exact) mass is 293 g/mol. The minimum atomic E-state index is -0.866. The molecule has 7 nitrogen and oxygen atoms in total. The molecule has 1 heterocycles. The largest absolute Gasteiger partial charge is 0.409 e. The Morgan fingerprint density at radius 2 is 2.10 bits per heavy atom. The molecule has 0 spiro atoms. The summed E-state index contributed by atoms with van der Waals surface area (Å²) in [7, 11) is 0. The molecule has 21 heavy (non-hydrogen) atoms. The molecule has 2 rings (SSSR count). The molecule has 4 N–H and O–H groups in total. The molecule has 0 aromatic carbocycles. The number of carbonyl (C=O) groups is 1. The summed E-state index contributed by atoms with van der Waals surface area (Å²) in [6.45, 7) is 1.08. The van der Waals surface area contributed by atoms with Gasteiger partial charge in [-0.25, -0.2) is 0 Å². The summed E-state index contributed by atoms with van der Waals surface area (Å²) in [6.07, 6.45) is 8.82. The van der Waals surface area contributed by atoms with E-state index in [0.29, 0.717) is 25.9 Å². The number of amides is 1. The Morgan fingerprint density at radius 3 is 2.67 bits per heavy atom. The second-order valence-electron chi connectivity index (χ2n) is 5.51. The van der Waals surface area contributed by atoms with Crippen molar-refractivity contribution >= 4 is 11.7 Å². The van der Waals surface area contributed by atoms with Crippen LogP contribution in [0.25, 0.3) is 0 Å². The molecule has 0 unspecified atom stereocenters. The van der Waals surface area contributed by atoms with E-state index < -0.39 is 5.41 Å². The standard InChI is InChI=1S/C14H23N5O2/c15-12(18-21)14(6-3-1-2-4-7-14)13(20)16-9-11-19-10-5-8-17-19/h5,8,10,21H,1-4,6-7,9,11H2,(H2,15,18)(H,16,20). The topological polar surface area (TPSA) is 106 Å². The Morgan fingerprint density at radius 1 is 1.38 bits per heavy atom. The molecule has 0 aliphatic heterocycles. The van der Waals surface area contributed by atoms with Gasteiger partial charge in [0, 0.05) is 18.9 Å². The minimum Gasteiger partial charge on any atom is -0.409 e. The van der Waals surface area contributed by atoms with Crippen LogP contribution in [-0.4, -0.2) is 33.3 Å². The molecule has 1 aliphatic rings. The average molecular weight is 293 g/mol. The molecular weight excluding hydrogens is 270 g/mol. The second kappa shape index (κ2) is 7.10. The number of hydrogen-bond donors (Lipinski definition) is 3. The van der Waals surface area contributed by atoms with Crippen molar-refractivity contribution in [1.29, 1.82) is 0 Å². The lowest BCUT2D eigenvalue weighted by atomic mass is 9.78. The van der Waals surface area contributed by atoms with Gasteiger partial charge >= 0.3 is 0 Å². The lowest BCUT2D eigenvalue weighted by Crippen LogP contribution is -2.50. The molecule has 0 radical (unpaired) electrons. The number of carbonyl (C=O) groups excluding carboxylic acids is 1. The van der Waals surface area contributed by atoms with Crippen LogP contribution in [0, 0.1) is 5.41 Å². The van der Waals surface area contributed by atoms with Gasteiger partial charge in [-0.15, -0.1) is 0 Å². The maximum Gasteiger partial charge on any atom is 0.234 e. The van der Waals surface area contributed by atoms with Gasteiger partial charge in [0.25, 0.3) is 0 Å². The summed E-state index contributed by atoms with van der Waals surface area (Å²) >= 11 is 0. The molecule has 1 fully saturated rings. The lowest BCUT2D eigenvalue weighted by Gasteiger charge is -2.29. The number of nitrogens with two attached hydrogens (primary N) is 1. The molecule has 1 aromatic rings. The molecule has 0 saturated heterocycles. The first-order valence-electron chi connectivity index (χ1n) is 7.43. The lowest BCUT2D eigenvalue weighted by molar-refractivity contribution is -0.128. The predicted molar refractivity (Wildman–Crippen MR) is 78.8 cm³/mol. The molecule has 1 aromatic heterocycles. The van der Waals surface area contributed by atoms with Gasteiger partial charge in [0.2, 0.25) is 5.91 Å². The first-order chi connectivity index (χ1) is 10.2. The molecule has 1 aliphatic carbocycles. The van der Waals surface area contributed by atoms with Crippen LogP contribution in [0.15, 0.2) is 23.6 Å². The summed E-state index contributed by atoms with van der Waals surface area (Å²) in [4.78, 5) is 12.6. The number of aromatic nitrogens is 2. The van der Waals surface area contributed by atoms with Crippen LogP contribution in [0.4, 0.5) is 0 Å². The van der Waals surface area contributed by atoms with E-state index in [1.165, 1.54) is 0 Å². The van der Waals surface area contributed by atoms with Gasteiger partial charge in [-0.1, -0.05) is 30.8 Å². The van der Waals surface area contributed by atoms with Gasteiger partial charge in [-0.3, -0.25) is 9.48 Å². The third-order valence-corrected chi connectivity index (χ3v) is 4.18. The predicted octanol–water partition coefficient (Wildman–Crippen LogP) is 1.09. The summed E-state index contributed by atoms with van der Waals surface area (Å²) in [5.74, 6) is -0.118. The van der Waals surface area contributed by atoms with E-state index >= 15 is 0 Å². The van der Waals surface area contributed by atoms with E-state index in [4.69, 9.17) is 10.9 Å². The van der Waals surface area contributed by atoms with Crippen LogP contribution in [0.5, 0.6) is 0 Å². The van der Waals surface area contributed by atoms with Crippen molar-refractivity contribution in [2.45, 2.75) is 45.1 Å². The summed E-state index contributed by atoms with van der Waals surface area (Å²) in [6, 6.07) is 1.84. The molecule has 7 heteroatoms. The second-order valence-corrected chi connectivity index (χ2v) is 5.51. The maximum absolute atomic E-state index is 12.6. The van der Waals surface area contributed by atoms with Crippen molar-refractivity contribution in [1.82, 2.24) is 15.1 Å². The zero-order valence-corrected chi connectivity index (χ0v) is 12.2. The van der Waals surface area contributed by atoms with Crippen LogP contribution in [-0.2, 0) is 11.3 Å². The van der Waals surface area contributed by atoms with Crippen molar-refractivity contribution in [3.05, 3.63) is 18.5 Å². The zero-order valence-electron chi connectivity index (χ0n) is 12.2. The van der Waals surface area contributed by atoms with E-state index in [2.05, 4.69) is 15.6 Å². The fourth-order valence-electron chi connectivity index (χ4n) is 2.91. The first kappa shape index (κ1) is 15.3. The highest BCUT2D eigenvalue weighted by Gasteiger charge is 2.42. The van der Waals surface area contributed by atoms with E-state index in [9.17, 15) is 4.79 Å². The fraction of sp³-hybridized carbons (Fsp3) is 0.643. The summed E-state index contributed by atoms with van der Waals surface area (Å²) in [5, 5.41) is 19.1. The number of hydrogen-bond acceptors (Lipinski definition) is 4. The van der Waals surface area contributed by atoms with Gasteiger partial charge in [0.15, 0.2) is 5.84 Å². The number of oxime groups is 1.